The third-order valence-electron chi connectivity index (χ3n) is 9.00. The van der Waals surface area contributed by atoms with Crippen molar-refractivity contribution in [3.8, 4) is 11.1 Å². The highest BCUT2D eigenvalue weighted by molar-refractivity contribution is 5.89. The Balaban J connectivity index is 0.000000330. The van der Waals surface area contributed by atoms with Crippen molar-refractivity contribution < 1.29 is 0 Å². The highest BCUT2D eigenvalue weighted by atomic mass is 15.2. The maximum absolute atomic E-state index is 3.89. The van der Waals surface area contributed by atoms with E-state index in [0.717, 1.165) is 17.0 Å². The smallest absolute Gasteiger partial charge is 0.0503 e. The standard InChI is InChI=1S/C35H33N.C14H19N/c1-6-12-26(8-3)28-13-11-14-30(23-28)36-33-16-10-9-15-31(33)35(4,5)32-24-29(21-22-34(32)36)27-19-17-25(7-2)18-20-27;1-5-9-11-13(7-3)15-14(8-4)12-10-6-2/h6-24H,2H2,1,3-5H3;5-12,15H,1,4H2,2-3H3/b12-6-,26-8+;10-6-,11-9-,13-7+,14-12+. The molecular formula is C49H52N2. The molecule has 0 saturated carbocycles. The number of nitrogens with zero attached hydrogens (tertiary/aromatic N) is 1. The van der Waals surface area contributed by atoms with Gasteiger partial charge in [-0.1, -0.05) is 149 Å². The molecule has 5 rings (SSSR count). The molecule has 0 amide bonds. The number of nitrogens with one attached hydrogen (secondary N) is 1. The molecule has 1 aliphatic heterocycles. The van der Waals surface area contributed by atoms with Crippen molar-refractivity contribution >= 4 is 28.7 Å². The highest BCUT2D eigenvalue weighted by Crippen LogP contribution is 2.52. The first kappa shape index (κ1) is 38.0. The van der Waals surface area contributed by atoms with Gasteiger partial charge in [0.05, 0.1) is 11.4 Å². The summed E-state index contributed by atoms with van der Waals surface area (Å²) in [5, 5.41) is 3.24. The van der Waals surface area contributed by atoms with Crippen LogP contribution >= 0.6 is 0 Å². The van der Waals surface area contributed by atoms with Crippen LogP contribution in [0, 0.1) is 0 Å². The van der Waals surface area contributed by atoms with Crippen LogP contribution in [-0.2, 0) is 5.41 Å². The fourth-order valence-electron chi connectivity index (χ4n) is 6.25. The molecule has 2 nitrogen and oxygen atoms in total. The summed E-state index contributed by atoms with van der Waals surface area (Å²) in [5.41, 5.74) is 14.2. The minimum atomic E-state index is -0.128. The van der Waals surface area contributed by atoms with Gasteiger partial charge in [-0.15, -0.1) is 0 Å². The Labute approximate surface area is 307 Å². The Bertz CT molecular complexity index is 2020. The minimum absolute atomic E-state index is 0.128. The van der Waals surface area contributed by atoms with E-state index in [2.05, 4.69) is 167 Å². The lowest BCUT2D eigenvalue weighted by atomic mass is 9.73. The molecule has 4 aromatic carbocycles. The van der Waals surface area contributed by atoms with Crippen LogP contribution in [0.1, 0.15) is 63.8 Å². The quantitative estimate of drug-likeness (QED) is 0.160. The fraction of sp³-hybridized carbons (Fsp3) is 0.143. The number of hydrogen-bond donors (Lipinski definition) is 1. The van der Waals surface area contributed by atoms with E-state index in [1.54, 1.807) is 12.2 Å². The molecule has 2 heteroatoms. The van der Waals surface area contributed by atoms with Gasteiger partial charge in [0, 0.05) is 22.5 Å². The van der Waals surface area contributed by atoms with E-state index in [9.17, 15) is 0 Å². The van der Waals surface area contributed by atoms with Gasteiger partial charge in [-0.2, -0.15) is 0 Å². The first-order valence-corrected chi connectivity index (χ1v) is 17.6. The molecule has 0 radical (unpaired) electrons. The Morgan fingerprint density at radius 3 is 2.04 bits per heavy atom. The molecule has 0 atom stereocenters. The Morgan fingerprint density at radius 2 is 1.39 bits per heavy atom. The molecule has 0 unspecified atom stereocenters. The van der Waals surface area contributed by atoms with Crippen molar-refractivity contribution in [2.45, 2.75) is 47.0 Å². The third kappa shape index (κ3) is 9.04. The van der Waals surface area contributed by atoms with Gasteiger partial charge in [0.25, 0.3) is 0 Å². The number of hydrogen-bond acceptors (Lipinski definition) is 2. The van der Waals surface area contributed by atoms with E-state index >= 15 is 0 Å². The second kappa shape index (κ2) is 18.2. The number of anilines is 3. The SMILES string of the molecule is C=C/C=C\C(=C/C)N/C(C=C)=C/C=C\C.C=Cc1ccc(-c2ccc3c(c2)C(C)(C)c2ccccc2N3c2cccc(C(/C=C\C)=C/C)c2)cc1. The average molecular weight is 669 g/mol. The van der Waals surface area contributed by atoms with E-state index in [4.69, 9.17) is 0 Å². The highest BCUT2D eigenvalue weighted by Gasteiger charge is 2.37. The van der Waals surface area contributed by atoms with Crippen LogP contribution in [0.3, 0.4) is 0 Å². The lowest BCUT2D eigenvalue weighted by Crippen LogP contribution is -2.30. The van der Waals surface area contributed by atoms with Crippen molar-refractivity contribution in [1.29, 1.82) is 0 Å². The summed E-state index contributed by atoms with van der Waals surface area (Å²) in [6.45, 7) is 24.1. The lowest BCUT2D eigenvalue weighted by Gasteiger charge is -2.42. The van der Waals surface area contributed by atoms with Gasteiger partial charge in [-0.05, 0) is 115 Å². The van der Waals surface area contributed by atoms with Crippen LogP contribution in [0.15, 0.2) is 189 Å². The summed E-state index contributed by atoms with van der Waals surface area (Å²) in [6, 6.07) is 33.2. The molecule has 51 heavy (non-hydrogen) atoms. The number of rotatable bonds is 11. The second-order valence-corrected chi connectivity index (χ2v) is 12.6. The van der Waals surface area contributed by atoms with Gasteiger partial charge in [0.2, 0.25) is 0 Å². The van der Waals surface area contributed by atoms with Crippen LogP contribution in [0.2, 0.25) is 0 Å². The molecule has 0 aromatic heterocycles. The van der Waals surface area contributed by atoms with E-state index in [1.165, 1.54) is 50.5 Å². The zero-order valence-electron chi connectivity index (χ0n) is 31.2. The predicted octanol–water partition coefficient (Wildman–Crippen LogP) is 14.0. The monoisotopic (exact) mass is 668 g/mol. The zero-order valence-corrected chi connectivity index (χ0v) is 31.2. The molecule has 0 spiro atoms. The number of fused-ring (bicyclic) bond motifs is 2. The molecule has 258 valence electrons. The molecule has 1 aliphatic rings. The number of para-hydroxylation sites is 1. The van der Waals surface area contributed by atoms with Gasteiger partial charge in [0.1, 0.15) is 0 Å². The van der Waals surface area contributed by atoms with Crippen molar-refractivity contribution in [2.75, 3.05) is 4.90 Å². The molecule has 4 aromatic rings. The Morgan fingerprint density at radius 1 is 0.667 bits per heavy atom. The Kier molecular flexibility index (Phi) is 13.6. The zero-order chi connectivity index (χ0) is 36.8. The summed E-state index contributed by atoms with van der Waals surface area (Å²) in [7, 11) is 0. The maximum Gasteiger partial charge on any atom is 0.0503 e. The van der Waals surface area contributed by atoms with Crippen LogP contribution in [0.25, 0.3) is 22.8 Å². The van der Waals surface area contributed by atoms with Gasteiger partial charge in [0.15, 0.2) is 0 Å². The molecule has 0 fully saturated rings. The van der Waals surface area contributed by atoms with Crippen molar-refractivity contribution in [1.82, 2.24) is 5.32 Å². The molecular weight excluding hydrogens is 617 g/mol. The van der Waals surface area contributed by atoms with Crippen molar-refractivity contribution in [3.05, 3.63) is 211 Å². The molecule has 1 heterocycles. The van der Waals surface area contributed by atoms with E-state index in [0.29, 0.717) is 0 Å². The van der Waals surface area contributed by atoms with E-state index in [1.807, 2.05) is 56.4 Å². The maximum atomic E-state index is 3.89. The van der Waals surface area contributed by atoms with Crippen molar-refractivity contribution in [2.24, 2.45) is 0 Å². The summed E-state index contributed by atoms with van der Waals surface area (Å²) >= 11 is 0. The Hall–Kier alpha value is -5.86. The summed E-state index contributed by atoms with van der Waals surface area (Å²) in [5.74, 6) is 0. The number of allylic oxidation sites excluding steroid dienone is 12. The van der Waals surface area contributed by atoms with Crippen LogP contribution in [-0.4, -0.2) is 0 Å². The number of benzene rings is 4. The van der Waals surface area contributed by atoms with Gasteiger partial charge < -0.3 is 10.2 Å². The summed E-state index contributed by atoms with van der Waals surface area (Å²) < 4.78 is 0. The lowest BCUT2D eigenvalue weighted by molar-refractivity contribution is 0.632. The first-order chi connectivity index (χ1) is 24.8. The largest absolute Gasteiger partial charge is 0.356 e. The van der Waals surface area contributed by atoms with Crippen LogP contribution in [0.5, 0.6) is 0 Å². The fourth-order valence-corrected chi connectivity index (χ4v) is 6.25. The molecule has 1 N–H and O–H groups in total. The normalized spacial score (nSPS) is 14.2. The van der Waals surface area contributed by atoms with Gasteiger partial charge in [-0.3, -0.25) is 0 Å². The molecule has 0 bridgehead atoms. The topological polar surface area (TPSA) is 15.3 Å². The second-order valence-electron chi connectivity index (χ2n) is 12.6. The first-order valence-electron chi connectivity index (χ1n) is 17.6. The van der Waals surface area contributed by atoms with E-state index in [-0.39, 0.29) is 5.41 Å². The van der Waals surface area contributed by atoms with Gasteiger partial charge >= 0.3 is 0 Å². The minimum Gasteiger partial charge on any atom is -0.356 e. The molecule has 0 aliphatic carbocycles. The van der Waals surface area contributed by atoms with Crippen LogP contribution < -0.4 is 10.2 Å². The third-order valence-corrected chi connectivity index (χ3v) is 9.00. The van der Waals surface area contributed by atoms with Crippen molar-refractivity contribution in [3.63, 3.8) is 0 Å². The molecule has 0 saturated heterocycles. The van der Waals surface area contributed by atoms with Gasteiger partial charge in [-0.25, -0.2) is 0 Å². The average Bonchev–Trinajstić information content (AvgIpc) is 3.17. The predicted molar refractivity (Wildman–Crippen MR) is 227 cm³/mol. The van der Waals surface area contributed by atoms with E-state index < -0.39 is 0 Å². The summed E-state index contributed by atoms with van der Waals surface area (Å²) in [6.07, 6.45) is 23.6. The van der Waals surface area contributed by atoms with Crippen LogP contribution in [0.4, 0.5) is 17.1 Å². The summed E-state index contributed by atoms with van der Waals surface area (Å²) in [4.78, 5) is 2.42.